The highest BCUT2D eigenvalue weighted by Crippen LogP contribution is 2.13. The minimum absolute atomic E-state index is 0.453. The second-order valence-corrected chi connectivity index (χ2v) is 3.83. The van der Waals surface area contributed by atoms with Crippen molar-refractivity contribution in [1.29, 1.82) is 0 Å². The normalized spacial score (nSPS) is 10.4. The van der Waals surface area contributed by atoms with Gasteiger partial charge in [-0.25, -0.2) is 8.78 Å². The van der Waals surface area contributed by atoms with Gasteiger partial charge in [0.25, 0.3) is 0 Å². The zero-order valence-corrected chi connectivity index (χ0v) is 9.01. The van der Waals surface area contributed by atoms with Gasteiger partial charge >= 0.3 is 0 Å². The Bertz CT molecular complexity index is 497. The third-order valence-corrected chi connectivity index (χ3v) is 2.38. The van der Waals surface area contributed by atoms with Crippen molar-refractivity contribution in [1.82, 2.24) is 4.98 Å². The molecule has 0 spiro atoms. The molecule has 1 nitrogen and oxygen atoms in total. The van der Waals surface area contributed by atoms with E-state index in [2.05, 4.69) is 4.98 Å². The maximum Gasteiger partial charge on any atom is 0.159 e. The first-order valence-corrected chi connectivity index (χ1v) is 5.07. The molecule has 0 radical (unpaired) electrons. The molecule has 0 aliphatic heterocycles. The van der Waals surface area contributed by atoms with Crippen LogP contribution in [0.25, 0.3) is 0 Å². The molecule has 16 heavy (non-hydrogen) atoms. The summed E-state index contributed by atoms with van der Waals surface area (Å²) in [5.74, 6) is -1.68. The number of nitrogens with zero attached hydrogens (tertiary/aromatic N) is 1. The minimum atomic E-state index is -0.841. The molecule has 0 aliphatic rings. The van der Waals surface area contributed by atoms with Gasteiger partial charge in [0, 0.05) is 18.3 Å². The van der Waals surface area contributed by atoms with E-state index in [0.29, 0.717) is 17.0 Å². The second kappa shape index (κ2) is 4.58. The number of rotatable bonds is 2. The van der Waals surface area contributed by atoms with Crippen LogP contribution in [0.15, 0.2) is 36.5 Å². The van der Waals surface area contributed by atoms with Crippen LogP contribution in [0.3, 0.4) is 0 Å². The standard InChI is InChI=1S/C12H8ClF2N/c13-9-2-3-10(16-7-9)5-8-1-4-11(14)12(15)6-8/h1-4,6-7H,5H2. The smallest absolute Gasteiger partial charge is 0.159 e. The summed E-state index contributed by atoms with van der Waals surface area (Å²) in [4.78, 5) is 4.08. The lowest BCUT2D eigenvalue weighted by Crippen LogP contribution is -1.93. The quantitative estimate of drug-likeness (QED) is 0.780. The van der Waals surface area contributed by atoms with Crippen molar-refractivity contribution < 1.29 is 8.78 Å². The predicted molar refractivity (Wildman–Crippen MR) is 58.4 cm³/mol. The monoisotopic (exact) mass is 239 g/mol. The van der Waals surface area contributed by atoms with Gasteiger partial charge in [-0.05, 0) is 29.8 Å². The third-order valence-electron chi connectivity index (χ3n) is 2.16. The number of pyridine rings is 1. The van der Waals surface area contributed by atoms with Gasteiger partial charge in [0.1, 0.15) is 0 Å². The van der Waals surface area contributed by atoms with Crippen molar-refractivity contribution in [2.75, 3.05) is 0 Å². The largest absolute Gasteiger partial charge is 0.259 e. The fraction of sp³-hybridized carbons (Fsp3) is 0.0833. The van der Waals surface area contributed by atoms with Crippen LogP contribution in [0, 0.1) is 11.6 Å². The van der Waals surface area contributed by atoms with Crippen molar-refractivity contribution in [3.8, 4) is 0 Å². The molecule has 4 heteroatoms. The topological polar surface area (TPSA) is 12.9 Å². The Kier molecular flexibility index (Phi) is 3.15. The first-order valence-electron chi connectivity index (χ1n) is 4.69. The molecule has 0 aliphatic carbocycles. The maximum absolute atomic E-state index is 12.9. The van der Waals surface area contributed by atoms with E-state index in [1.54, 1.807) is 12.1 Å². The summed E-state index contributed by atoms with van der Waals surface area (Å²) in [5.41, 5.74) is 1.43. The van der Waals surface area contributed by atoms with Gasteiger partial charge in [0.2, 0.25) is 0 Å². The van der Waals surface area contributed by atoms with Crippen LogP contribution in [0.5, 0.6) is 0 Å². The van der Waals surface area contributed by atoms with Crippen LogP contribution in [0.2, 0.25) is 5.02 Å². The van der Waals surface area contributed by atoms with Crippen molar-refractivity contribution in [2.45, 2.75) is 6.42 Å². The lowest BCUT2D eigenvalue weighted by atomic mass is 10.1. The summed E-state index contributed by atoms with van der Waals surface area (Å²) < 4.78 is 25.6. The molecule has 2 rings (SSSR count). The van der Waals surface area contributed by atoms with Gasteiger partial charge < -0.3 is 0 Å². The first kappa shape index (κ1) is 11.0. The average molecular weight is 240 g/mol. The highest BCUT2D eigenvalue weighted by atomic mass is 35.5. The summed E-state index contributed by atoms with van der Waals surface area (Å²) in [6.07, 6.45) is 1.98. The Morgan fingerprint density at radius 2 is 1.88 bits per heavy atom. The van der Waals surface area contributed by atoms with Crippen LogP contribution in [-0.4, -0.2) is 4.98 Å². The number of halogens is 3. The average Bonchev–Trinajstić information content (AvgIpc) is 2.27. The van der Waals surface area contributed by atoms with Gasteiger partial charge in [0.15, 0.2) is 11.6 Å². The summed E-state index contributed by atoms with van der Waals surface area (Å²) in [6, 6.07) is 7.29. The van der Waals surface area contributed by atoms with Crippen LogP contribution in [-0.2, 0) is 6.42 Å². The molecule has 0 saturated heterocycles. The van der Waals surface area contributed by atoms with Gasteiger partial charge in [-0.3, -0.25) is 4.98 Å². The summed E-state index contributed by atoms with van der Waals surface area (Å²) in [5, 5.41) is 0.550. The molecule has 0 atom stereocenters. The number of aromatic nitrogens is 1. The van der Waals surface area contributed by atoms with E-state index in [9.17, 15) is 8.78 Å². The molecule has 0 saturated carbocycles. The van der Waals surface area contributed by atoms with E-state index < -0.39 is 11.6 Å². The summed E-state index contributed by atoms with van der Waals surface area (Å²) >= 11 is 5.69. The molecule has 1 heterocycles. The molecule has 0 N–H and O–H groups in total. The molecule has 1 aromatic heterocycles. The summed E-state index contributed by atoms with van der Waals surface area (Å²) in [7, 11) is 0. The van der Waals surface area contributed by atoms with Crippen molar-refractivity contribution in [2.24, 2.45) is 0 Å². The lowest BCUT2D eigenvalue weighted by molar-refractivity contribution is 0.507. The Labute approximate surface area is 96.7 Å². The minimum Gasteiger partial charge on any atom is -0.259 e. The van der Waals surface area contributed by atoms with Gasteiger partial charge in [-0.15, -0.1) is 0 Å². The van der Waals surface area contributed by atoms with Gasteiger partial charge in [-0.1, -0.05) is 17.7 Å². The Morgan fingerprint density at radius 3 is 2.50 bits per heavy atom. The molecule has 0 fully saturated rings. The molecule has 0 unspecified atom stereocenters. The zero-order chi connectivity index (χ0) is 11.5. The molecule has 1 aromatic carbocycles. The fourth-order valence-electron chi connectivity index (χ4n) is 1.37. The first-order chi connectivity index (χ1) is 7.65. The second-order valence-electron chi connectivity index (χ2n) is 3.39. The number of hydrogen-bond acceptors (Lipinski definition) is 1. The van der Waals surface area contributed by atoms with E-state index in [1.165, 1.54) is 18.3 Å². The van der Waals surface area contributed by atoms with E-state index >= 15 is 0 Å². The molecule has 0 bridgehead atoms. The third kappa shape index (κ3) is 2.55. The molecular weight excluding hydrogens is 232 g/mol. The lowest BCUT2D eigenvalue weighted by Gasteiger charge is -2.02. The van der Waals surface area contributed by atoms with Crippen molar-refractivity contribution in [3.05, 3.63) is 64.4 Å². The van der Waals surface area contributed by atoms with E-state index in [1.807, 2.05) is 0 Å². The maximum atomic E-state index is 12.9. The highest BCUT2D eigenvalue weighted by Gasteiger charge is 2.03. The molecular formula is C12H8ClF2N. The van der Waals surface area contributed by atoms with E-state index in [-0.39, 0.29) is 0 Å². The van der Waals surface area contributed by atoms with E-state index in [0.717, 1.165) is 11.8 Å². The molecule has 82 valence electrons. The predicted octanol–water partition coefficient (Wildman–Crippen LogP) is 3.60. The molecule has 2 aromatic rings. The van der Waals surface area contributed by atoms with Crippen LogP contribution in [0.1, 0.15) is 11.3 Å². The number of hydrogen-bond donors (Lipinski definition) is 0. The Hall–Kier alpha value is -1.48. The number of benzene rings is 1. The molecule has 0 amide bonds. The Morgan fingerprint density at radius 1 is 1.06 bits per heavy atom. The fourth-order valence-corrected chi connectivity index (χ4v) is 1.48. The van der Waals surface area contributed by atoms with Crippen molar-refractivity contribution in [3.63, 3.8) is 0 Å². The SMILES string of the molecule is Fc1ccc(Cc2ccc(Cl)cn2)cc1F. The van der Waals surface area contributed by atoms with Crippen LogP contribution >= 0.6 is 11.6 Å². The van der Waals surface area contributed by atoms with Crippen LogP contribution < -0.4 is 0 Å². The van der Waals surface area contributed by atoms with Gasteiger partial charge in [-0.2, -0.15) is 0 Å². The Balaban J connectivity index is 2.20. The summed E-state index contributed by atoms with van der Waals surface area (Å²) in [6.45, 7) is 0. The van der Waals surface area contributed by atoms with Crippen LogP contribution in [0.4, 0.5) is 8.78 Å². The van der Waals surface area contributed by atoms with Crippen molar-refractivity contribution >= 4 is 11.6 Å². The highest BCUT2D eigenvalue weighted by molar-refractivity contribution is 6.30. The van der Waals surface area contributed by atoms with E-state index in [4.69, 9.17) is 11.6 Å². The van der Waals surface area contributed by atoms with Gasteiger partial charge in [0.05, 0.1) is 5.02 Å². The zero-order valence-electron chi connectivity index (χ0n) is 8.25.